The molecular weight excluding hydrogens is 1010 g/mol. The molecule has 29 nitrogen and oxygen atoms in total. The number of carbonyl (C=O) groups excluding carboxylic acids is 5. The van der Waals surface area contributed by atoms with Crippen molar-refractivity contribution in [1.29, 1.82) is 0 Å². The molecule has 11 N–H and O–H groups in total. The van der Waals surface area contributed by atoms with E-state index < -0.39 is 96.3 Å². The first kappa shape index (κ1) is 60.2. The Morgan fingerprint density at radius 3 is 1.97 bits per heavy atom. The van der Waals surface area contributed by atoms with Gasteiger partial charge in [-0.2, -0.15) is 5.21 Å². The molecule has 0 aliphatic carbocycles. The molecule has 1 aromatic heterocycles. The lowest BCUT2D eigenvalue weighted by Gasteiger charge is -2.46. The van der Waals surface area contributed by atoms with E-state index in [9.17, 15) is 63.9 Å². The highest BCUT2D eigenvalue weighted by molar-refractivity contribution is 6.13. The number of aromatic amines is 1. The van der Waals surface area contributed by atoms with Gasteiger partial charge in [-0.1, -0.05) is 37.1 Å². The number of tetrazole rings is 1. The Balaban J connectivity index is 0.904. The third-order valence-corrected chi connectivity index (χ3v) is 11.8. The minimum absolute atomic E-state index is 0.000682. The van der Waals surface area contributed by atoms with E-state index in [1.807, 2.05) is 0 Å². The molecule has 3 aromatic rings. The zero-order valence-corrected chi connectivity index (χ0v) is 41.6. The maximum atomic E-state index is 12.7. The Hall–Kier alpha value is -6.67. The number of ether oxygens (including phenoxy) is 6. The van der Waals surface area contributed by atoms with Gasteiger partial charge in [-0.15, -0.1) is 10.2 Å². The molecule has 2 aromatic carbocycles. The largest absolute Gasteiger partial charge is 0.477 e. The normalized spacial score (nSPS) is 19.2. The Labute approximate surface area is 434 Å². The number of hydrogen-bond donors (Lipinski definition) is 11. The number of carboxylic acid groups (broad SMARTS) is 1. The molecule has 6 atom stereocenters. The predicted molar refractivity (Wildman–Crippen MR) is 263 cm³/mol. The molecule has 3 heterocycles. The smallest absolute Gasteiger partial charge is 0.364 e. The molecule has 29 heteroatoms. The summed E-state index contributed by atoms with van der Waals surface area (Å²) in [6.45, 7) is 1.46. The number of nitrogens with zero attached hydrogens (tertiary/aromatic N) is 4. The van der Waals surface area contributed by atoms with Crippen LogP contribution in [0, 0.1) is 0 Å². The van der Waals surface area contributed by atoms with Crippen LogP contribution in [0.4, 0.5) is 11.4 Å². The van der Waals surface area contributed by atoms with E-state index in [4.69, 9.17) is 28.4 Å². The van der Waals surface area contributed by atoms with Crippen molar-refractivity contribution >= 4 is 46.9 Å². The van der Waals surface area contributed by atoms with Gasteiger partial charge in [0.25, 0.3) is 28.5 Å². The highest BCUT2D eigenvalue weighted by Gasteiger charge is 2.56. The fraction of sp³-hybridized carbons (Fsp3) is 0.596. The SMILES string of the molecule is O=C(CCN1C(=O)C=CC1=O)NCCOCCOCCOCCOCCNc1c(NCCCCCCO[C@]2(C(=O)O)C[C@H](O)[C@@H](NC(=O)CO)[C@H]([C@H](O)[C@H](O)CNC(=O)Cc3ccc(-c4nn[nH]n4)cc3)O2)c(=O)c1=O. The van der Waals surface area contributed by atoms with Gasteiger partial charge in [-0.25, -0.2) is 4.79 Å². The topological polar surface area (TPSA) is 411 Å². The second-order valence-corrected chi connectivity index (χ2v) is 17.4. The summed E-state index contributed by atoms with van der Waals surface area (Å²) in [6, 6.07) is 5.19. The number of unbranched alkanes of at least 4 members (excludes halogenated alkanes) is 3. The van der Waals surface area contributed by atoms with E-state index in [1.54, 1.807) is 24.3 Å². The Morgan fingerprint density at radius 1 is 0.763 bits per heavy atom. The van der Waals surface area contributed by atoms with E-state index >= 15 is 0 Å². The summed E-state index contributed by atoms with van der Waals surface area (Å²) in [5.74, 6) is -6.53. The first-order valence-electron chi connectivity index (χ1n) is 24.6. The molecule has 0 saturated carbocycles. The van der Waals surface area contributed by atoms with Crippen LogP contribution in [0.5, 0.6) is 0 Å². The Morgan fingerprint density at radius 2 is 1.37 bits per heavy atom. The van der Waals surface area contributed by atoms with Gasteiger partial charge in [0.05, 0.1) is 84.1 Å². The van der Waals surface area contributed by atoms with Crippen molar-refractivity contribution in [3.63, 3.8) is 0 Å². The third-order valence-electron chi connectivity index (χ3n) is 11.8. The standard InChI is InChI=1S/C47H66N10O19/c58-28-35(63)52-38-31(59)26-47(46(69)70,76-44(38)41(66)32(60)27-51-34(62)25-29-5-7-30(8-6-29)45-53-55-56-54-45)75-16-4-2-1-3-12-49-39-40(43(68)42(39)67)50-14-18-72-20-22-74-24-23-73-21-19-71-17-13-48-33(61)11-15-57-36(64)9-10-37(57)65/h5-10,31-32,38,41,44,49-50,58-60,66H,1-4,11-28H2,(H,48,61)(H,51,62)(H,52,63)(H,69,70)(H,53,54,55,56)/t31-,32+,38+,41+,44+,47+/m0/s1. The van der Waals surface area contributed by atoms with Crippen molar-refractivity contribution in [2.45, 2.75) is 81.2 Å². The number of carbonyl (C=O) groups is 6. The number of aliphatic hydroxyl groups excluding tert-OH is 4. The molecule has 1 saturated heterocycles. The fourth-order valence-electron chi connectivity index (χ4n) is 7.79. The molecule has 0 spiro atoms. The van der Waals surface area contributed by atoms with Crippen LogP contribution in [-0.4, -0.2) is 222 Å². The number of amides is 5. The number of anilines is 2. The van der Waals surface area contributed by atoms with Crippen LogP contribution >= 0.6 is 0 Å². The van der Waals surface area contributed by atoms with Gasteiger partial charge in [0.2, 0.25) is 23.5 Å². The number of hydrogen-bond acceptors (Lipinski definition) is 23. The molecular formula is C47H66N10O19. The first-order chi connectivity index (χ1) is 36.6. The number of rotatable bonds is 38. The molecule has 2 aliphatic heterocycles. The summed E-state index contributed by atoms with van der Waals surface area (Å²) in [4.78, 5) is 97.9. The monoisotopic (exact) mass is 1070 g/mol. The first-order valence-corrected chi connectivity index (χ1v) is 24.6. The summed E-state index contributed by atoms with van der Waals surface area (Å²) < 4.78 is 33.3. The molecule has 0 radical (unpaired) electrons. The van der Waals surface area contributed by atoms with Gasteiger partial charge in [0.1, 0.15) is 30.2 Å². The van der Waals surface area contributed by atoms with E-state index in [0.29, 0.717) is 82.2 Å². The summed E-state index contributed by atoms with van der Waals surface area (Å²) in [5, 5.41) is 79.8. The zero-order chi connectivity index (χ0) is 54.9. The van der Waals surface area contributed by atoms with Gasteiger partial charge in [0.15, 0.2) is 0 Å². The second-order valence-electron chi connectivity index (χ2n) is 17.4. The van der Waals surface area contributed by atoms with Gasteiger partial charge in [-0.05, 0) is 23.6 Å². The molecule has 76 heavy (non-hydrogen) atoms. The van der Waals surface area contributed by atoms with E-state index in [-0.39, 0.29) is 76.2 Å². The molecule has 2 aliphatic rings. The van der Waals surface area contributed by atoms with Crippen molar-refractivity contribution < 1.29 is 82.7 Å². The summed E-state index contributed by atoms with van der Waals surface area (Å²) in [6.07, 6.45) is -3.80. The molecule has 0 bridgehead atoms. The number of imide groups is 1. The Bertz CT molecular complexity index is 2420. The average molecular weight is 1080 g/mol. The number of aliphatic carboxylic acids is 1. The van der Waals surface area contributed by atoms with Crippen LogP contribution < -0.4 is 37.4 Å². The van der Waals surface area contributed by atoms with Gasteiger partial charge in [0, 0.05) is 63.3 Å². The maximum absolute atomic E-state index is 12.7. The number of carboxylic acids is 1. The molecule has 418 valence electrons. The fourth-order valence-corrected chi connectivity index (χ4v) is 7.79. The van der Waals surface area contributed by atoms with Crippen LogP contribution in [-0.2, 0) is 63.6 Å². The van der Waals surface area contributed by atoms with Gasteiger partial charge < -0.3 is 80.5 Å². The lowest BCUT2D eigenvalue weighted by molar-refractivity contribution is -0.310. The lowest BCUT2D eigenvalue weighted by atomic mass is 9.88. The maximum Gasteiger partial charge on any atom is 0.364 e. The predicted octanol–water partition coefficient (Wildman–Crippen LogP) is -4.15. The van der Waals surface area contributed by atoms with Gasteiger partial charge in [-0.3, -0.25) is 38.5 Å². The van der Waals surface area contributed by atoms with Crippen molar-refractivity contribution in [1.82, 2.24) is 41.5 Å². The van der Waals surface area contributed by atoms with Crippen molar-refractivity contribution in [3.05, 3.63) is 62.4 Å². The van der Waals surface area contributed by atoms with E-state index in [0.717, 1.165) is 17.1 Å². The highest BCUT2D eigenvalue weighted by Crippen LogP contribution is 2.34. The molecule has 5 amide bonds. The molecule has 1 fully saturated rings. The third kappa shape index (κ3) is 18.6. The van der Waals surface area contributed by atoms with Gasteiger partial charge >= 0.3 is 5.97 Å². The number of nitrogens with one attached hydrogen (secondary N) is 6. The average Bonchev–Trinajstić information content (AvgIpc) is 4.08. The molecule has 5 rings (SSSR count). The quantitative estimate of drug-likeness (QED) is 0.0147. The lowest BCUT2D eigenvalue weighted by Crippen LogP contribution is -2.68. The zero-order valence-electron chi connectivity index (χ0n) is 41.6. The molecule has 0 unspecified atom stereocenters. The van der Waals surface area contributed by atoms with Crippen molar-refractivity contribution in [2.75, 3.05) is 109 Å². The van der Waals surface area contributed by atoms with Crippen LogP contribution in [0.3, 0.4) is 0 Å². The number of benzene rings is 1. The summed E-state index contributed by atoms with van der Waals surface area (Å²) in [7, 11) is 0. The van der Waals surface area contributed by atoms with E-state index in [2.05, 4.69) is 47.2 Å². The van der Waals surface area contributed by atoms with Crippen molar-refractivity contribution in [3.8, 4) is 11.4 Å². The number of aromatic nitrogens is 4. The van der Waals surface area contributed by atoms with Crippen LogP contribution in [0.25, 0.3) is 11.4 Å². The summed E-state index contributed by atoms with van der Waals surface area (Å²) in [5.41, 5.74) is 0.254. The highest BCUT2D eigenvalue weighted by atomic mass is 16.7. The van der Waals surface area contributed by atoms with Crippen LogP contribution in [0.15, 0.2) is 46.0 Å². The second kappa shape index (κ2) is 31.4. The number of H-pyrrole nitrogens is 1. The minimum Gasteiger partial charge on any atom is -0.477 e. The minimum atomic E-state index is -2.53. The van der Waals surface area contributed by atoms with E-state index in [1.165, 1.54) is 0 Å². The summed E-state index contributed by atoms with van der Waals surface area (Å²) >= 11 is 0. The van der Waals surface area contributed by atoms with Crippen LogP contribution in [0.2, 0.25) is 0 Å². The Kier molecular flexibility index (Phi) is 24.9. The van der Waals surface area contributed by atoms with Crippen LogP contribution in [0.1, 0.15) is 44.1 Å². The van der Waals surface area contributed by atoms with Crippen molar-refractivity contribution in [2.24, 2.45) is 0 Å². The number of aliphatic hydroxyl groups is 4.